The molecule has 0 aliphatic carbocycles. The van der Waals surface area contributed by atoms with E-state index < -0.39 is 30.4 Å². The SMILES string of the molecule is CCc1ccc(N2C(=O)NC(=O)/C(=C/c3cc(Cl)c(OCC(=O)[O-])c(Br)c3)C2=O)cc1. The van der Waals surface area contributed by atoms with Crippen molar-refractivity contribution in [3.8, 4) is 5.75 Å². The predicted molar refractivity (Wildman–Crippen MR) is 114 cm³/mol. The summed E-state index contributed by atoms with van der Waals surface area (Å²) in [6, 6.07) is 8.86. The molecule has 1 aliphatic heterocycles. The Labute approximate surface area is 190 Å². The van der Waals surface area contributed by atoms with Crippen LogP contribution < -0.4 is 20.1 Å². The Kier molecular flexibility index (Phi) is 6.77. The molecule has 4 amide bonds. The van der Waals surface area contributed by atoms with Crippen molar-refractivity contribution in [3.05, 3.63) is 62.6 Å². The zero-order chi connectivity index (χ0) is 22.7. The molecule has 0 saturated carbocycles. The molecule has 0 unspecified atom stereocenters. The average molecular weight is 507 g/mol. The van der Waals surface area contributed by atoms with Gasteiger partial charge in [-0.2, -0.15) is 0 Å². The van der Waals surface area contributed by atoms with Crippen LogP contribution in [-0.2, 0) is 20.8 Å². The first kappa shape index (κ1) is 22.5. The van der Waals surface area contributed by atoms with Gasteiger partial charge in [-0.3, -0.25) is 14.9 Å². The third-order valence-corrected chi connectivity index (χ3v) is 5.24. The maximum atomic E-state index is 13.0. The highest BCUT2D eigenvalue weighted by atomic mass is 79.9. The lowest BCUT2D eigenvalue weighted by atomic mass is 10.1. The van der Waals surface area contributed by atoms with Crippen molar-refractivity contribution >= 4 is 63.1 Å². The number of aryl methyl sites for hydroxylation is 1. The van der Waals surface area contributed by atoms with Crippen LogP contribution in [0.5, 0.6) is 5.75 Å². The lowest BCUT2D eigenvalue weighted by molar-refractivity contribution is -0.307. The molecule has 3 rings (SSSR count). The van der Waals surface area contributed by atoms with Crippen LogP contribution in [-0.4, -0.2) is 30.4 Å². The number of urea groups is 1. The average Bonchev–Trinajstić information content (AvgIpc) is 2.70. The van der Waals surface area contributed by atoms with E-state index in [4.69, 9.17) is 16.3 Å². The molecule has 2 aromatic carbocycles. The van der Waals surface area contributed by atoms with Crippen LogP contribution in [0.15, 0.2) is 46.4 Å². The van der Waals surface area contributed by atoms with Crippen LogP contribution >= 0.6 is 27.5 Å². The number of hydrogen-bond acceptors (Lipinski definition) is 6. The zero-order valence-electron chi connectivity index (χ0n) is 16.1. The van der Waals surface area contributed by atoms with Gasteiger partial charge in [-0.1, -0.05) is 30.7 Å². The number of ether oxygens (including phenoxy) is 1. The molecule has 1 aliphatic rings. The van der Waals surface area contributed by atoms with Gasteiger partial charge in [0, 0.05) is 0 Å². The third-order valence-electron chi connectivity index (χ3n) is 4.37. The second kappa shape index (κ2) is 9.32. The summed E-state index contributed by atoms with van der Waals surface area (Å²) in [4.78, 5) is 49.0. The molecule has 1 saturated heterocycles. The number of hydrogen-bond donors (Lipinski definition) is 1. The highest BCUT2D eigenvalue weighted by Gasteiger charge is 2.36. The molecule has 2 aromatic rings. The van der Waals surface area contributed by atoms with Crippen LogP contribution in [0.4, 0.5) is 10.5 Å². The Hall–Kier alpha value is -3.17. The number of imide groups is 2. The van der Waals surface area contributed by atoms with Gasteiger partial charge in [0.25, 0.3) is 11.8 Å². The van der Waals surface area contributed by atoms with Crippen molar-refractivity contribution in [1.82, 2.24) is 5.32 Å². The lowest BCUT2D eigenvalue weighted by Gasteiger charge is -2.26. The van der Waals surface area contributed by atoms with Gasteiger partial charge in [-0.05, 0) is 63.8 Å². The number of benzene rings is 2. The summed E-state index contributed by atoms with van der Waals surface area (Å²) in [5.41, 5.74) is 1.43. The standard InChI is InChI=1S/C21H16BrClN2O6/c1-2-11-3-5-13(6-4-11)25-20(29)14(19(28)24-21(25)30)7-12-8-15(22)18(16(23)9-12)31-10-17(26)27/h3-9H,2,10H2,1H3,(H,26,27)(H,24,28,30)/p-1/b14-7-. The van der Waals surface area contributed by atoms with E-state index in [0.29, 0.717) is 15.7 Å². The normalized spacial score (nSPS) is 15.3. The molecular weight excluding hydrogens is 492 g/mol. The summed E-state index contributed by atoms with van der Waals surface area (Å²) in [5, 5.41) is 12.8. The molecule has 1 N–H and O–H groups in total. The predicted octanol–water partition coefficient (Wildman–Crippen LogP) is 2.46. The topological polar surface area (TPSA) is 116 Å². The molecule has 31 heavy (non-hydrogen) atoms. The number of carboxylic acid groups (broad SMARTS) is 1. The minimum Gasteiger partial charge on any atom is -0.546 e. The Morgan fingerprint density at radius 1 is 1.23 bits per heavy atom. The van der Waals surface area contributed by atoms with E-state index in [2.05, 4.69) is 21.2 Å². The molecule has 10 heteroatoms. The first-order chi connectivity index (χ1) is 14.7. The summed E-state index contributed by atoms with van der Waals surface area (Å²) < 4.78 is 5.37. The number of anilines is 1. The molecule has 0 bridgehead atoms. The Morgan fingerprint density at radius 2 is 1.90 bits per heavy atom. The number of nitrogens with one attached hydrogen (secondary N) is 1. The minimum atomic E-state index is -1.42. The van der Waals surface area contributed by atoms with Crippen molar-refractivity contribution in [1.29, 1.82) is 0 Å². The van der Waals surface area contributed by atoms with Gasteiger partial charge in [-0.25, -0.2) is 9.69 Å². The summed E-state index contributed by atoms with van der Waals surface area (Å²) in [6.07, 6.45) is 2.07. The molecule has 0 radical (unpaired) electrons. The zero-order valence-corrected chi connectivity index (χ0v) is 18.5. The van der Waals surface area contributed by atoms with E-state index in [9.17, 15) is 24.3 Å². The lowest BCUT2D eigenvalue weighted by Crippen LogP contribution is -2.54. The van der Waals surface area contributed by atoms with Crippen molar-refractivity contribution in [2.45, 2.75) is 13.3 Å². The number of nitrogens with zero attached hydrogens (tertiary/aromatic N) is 1. The van der Waals surface area contributed by atoms with Crippen molar-refractivity contribution in [3.63, 3.8) is 0 Å². The Morgan fingerprint density at radius 3 is 2.48 bits per heavy atom. The van der Waals surface area contributed by atoms with Gasteiger partial charge in [0.15, 0.2) is 5.75 Å². The molecule has 1 heterocycles. The second-order valence-corrected chi connectivity index (χ2v) is 7.71. The van der Waals surface area contributed by atoms with E-state index >= 15 is 0 Å². The highest BCUT2D eigenvalue weighted by Crippen LogP contribution is 2.35. The van der Waals surface area contributed by atoms with E-state index in [0.717, 1.165) is 16.9 Å². The number of halogens is 2. The summed E-state index contributed by atoms with van der Waals surface area (Å²) >= 11 is 9.35. The Bertz CT molecular complexity index is 1090. The number of aliphatic carboxylic acids is 1. The largest absolute Gasteiger partial charge is 0.546 e. The fourth-order valence-corrected chi connectivity index (χ4v) is 3.86. The summed E-state index contributed by atoms with van der Waals surface area (Å²) in [6.45, 7) is 1.28. The van der Waals surface area contributed by atoms with Gasteiger partial charge in [0.05, 0.1) is 21.2 Å². The first-order valence-corrected chi connectivity index (χ1v) is 10.2. The van der Waals surface area contributed by atoms with E-state index in [-0.39, 0.29) is 16.3 Å². The number of carbonyl (C=O) groups excluding carboxylic acids is 4. The van der Waals surface area contributed by atoms with Crippen LogP contribution in [0.2, 0.25) is 5.02 Å². The molecule has 0 aromatic heterocycles. The minimum absolute atomic E-state index is 0.0502. The van der Waals surface area contributed by atoms with Crippen molar-refractivity contribution in [2.24, 2.45) is 0 Å². The van der Waals surface area contributed by atoms with E-state index in [1.807, 2.05) is 6.92 Å². The molecular formula is C21H15BrClN2O6-. The number of rotatable bonds is 6. The number of amides is 4. The Balaban J connectivity index is 1.95. The van der Waals surface area contributed by atoms with Crippen molar-refractivity contribution in [2.75, 3.05) is 11.5 Å². The van der Waals surface area contributed by atoms with Gasteiger partial charge in [-0.15, -0.1) is 0 Å². The van der Waals surface area contributed by atoms with Crippen LogP contribution in [0.1, 0.15) is 18.1 Å². The smallest absolute Gasteiger partial charge is 0.335 e. The number of carboxylic acids is 1. The van der Waals surface area contributed by atoms with Crippen LogP contribution in [0.25, 0.3) is 6.08 Å². The summed E-state index contributed by atoms with van der Waals surface area (Å²) in [5.74, 6) is -2.99. The van der Waals surface area contributed by atoms with Gasteiger partial charge >= 0.3 is 6.03 Å². The van der Waals surface area contributed by atoms with Gasteiger partial charge in [0.1, 0.15) is 12.2 Å². The molecule has 1 fully saturated rings. The van der Waals surface area contributed by atoms with Gasteiger partial charge < -0.3 is 14.6 Å². The molecule has 0 spiro atoms. The molecule has 8 nitrogen and oxygen atoms in total. The van der Waals surface area contributed by atoms with E-state index in [1.54, 1.807) is 24.3 Å². The number of barbiturate groups is 1. The molecule has 160 valence electrons. The first-order valence-electron chi connectivity index (χ1n) is 9.03. The second-order valence-electron chi connectivity index (χ2n) is 6.45. The highest BCUT2D eigenvalue weighted by molar-refractivity contribution is 9.10. The number of carbonyl (C=O) groups is 4. The fraction of sp³-hybridized carbons (Fsp3) is 0.143. The maximum absolute atomic E-state index is 13.0. The fourth-order valence-electron chi connectivity index (χ4n) is 2.87. The van der Waals surface area contributed by atoms with Crippen molar-refractivity contribution < 1.29 is 29.0 Å². The molecule has 0 atom stereocenters. The summed E-state index contributed by atoms with van der Waals surface area (Å²) in [7, 11) is 0. The van der Waals surface area contributed by atoms with Crippen LogP contribution in [0.3, 0.4) is 0 Å². The third kappa shape index (κ3) is 4.95. The maximum Gasteiger partial charge on any atom is 0.335 e. The van der Waals surface area contributed by atoms with Gasteiger partial charge in [0.2, 0.25) is 0 Å². The van der Waals surface area contributed by atoms with Crippen LogP contribution in [0, 0.1) is 0 Å². The van der Waals surface area contributed by atoms with E-state index in [1.165, 1.54) is 18.2 Å². The monoisotopic (exact) mass is 505 g/mol. The quantitative estimate of drug-likeness (QED) is 0.475.